The van der Waals surface area contributed by atoms with Crippen LogP contribution in [0, 0.1) is 0 Å². The normalized spacial score (nSPS) is 20.9. The van der Waals surface area contributed by atoms with Crippen LogP contribution in [-0.2, 0) is 10.0 Å². The van der Waals surface area contributed by atoms with Crippen LogP contribution in [0.25, 0.3) is 10.8 Å². The fraction of sp³-hybridized carbons (Fsp3) is 0.400. The van der Waals surface area contributed by atoms with Gasteiger partial charge in [0.2, 0.25) is 10.0 Å². The number of aromatic hydroxyl groups is 1. The molecule has 3 rings (SSSR count). The van der Waals surface area contributed by atoms with Gasteiger partial charge in [0, 0.05) is 36.1 Å². The van der Waals surface area contributed by atoms with E-state index in [1.807, 2.05) is 6.92 Å². The molecule has 1 aromatic heterocycles. The number of aromatic nitrogens is 1. The van der Waals surface area contributed by atoms with Crippen molar-refractivity contribution in [2.24, 2.45) is 0 Å². The maximum absolute atomic E-state index is 13.1. The Morgan fingerprint density at radius 2 is 2.18 bits per heavy atom. The molecule has 0 aliphatic carbocycles. The van der Waals surface area contributed by atoms with Crippen LogP contribution < -0.4 is 5.32 Å². The number of fused-ring (bicyclic) bond motifs is 1. The number of pyridine rings is 1. The van der Waals surface area contributed by atoms with Crippen molar-refractivity contribution in [3.63, 3.8) is 0 Å². The van der Waals surface area contributed by atoms with Gasteiger partial charge in [-0.25, -0.2) is 8.42 Å². The standard InChI is InChI=1S/C15H19N3O3S/c1-11-8-16-6-3-7-18(11)22(20,21)14-5-2-4-12-9-17-10-13(19)15(12)14/h2,4-5,9-11,16,19H,3,6-8H2,1H3/t11-/m0/s1. The molecule has 1 aromatic carbocycles. The fourth-order valence-corrected chi connectivity index (χ4v) is 4.78. The highest BCUT2D eigenvalue weighted by Gasteiger charge is 2.31. The third-order valence-corrected chi connectivity index (χ3v) is 6.03. The van der Waals surface area contributed by atoms with E-state index < -0.39 is 10.0 Å². The molecule has 6 nitrogen and oxygen atoms in total. The minimum Gasteiger partial charge on any atom is -0.506 e. The highest BCUT2D eigenvalue weighted by molar-refractivity contribution is 7.89. The second-order valence-corrected chi connectivity index (χ2v) is 7.39. The summed E-state index contributed by atoms with van der Waals surface area (Å²) in [6, 6.07) is 4.83. The molecule has 0 saturated carbocycles. The van der Waals surface area contributed by atoms with Gasteiger partial charge >= 0.3 is 0 Å². The Morgan fingerprint density at radius 3 is 3.00 bits per heavy atom. The SMILES string of the molecule is C[C@H]1CNCCCN1S(=O)(=O)c1cccc2cncc(O)c12. The number of nitrogens with one attached hydrogen (secondary N) is 1. The van der Waals surface area contributed by atoms with Crippen LogP contribution in [0.5, 0.6) is 5.75 Å². The number of hydrogen-bond acceptors (Lipinski definition) is 5. The summed E-state index contributed by atoms with van der Waals surface area (Å²) in [5, 5.41) is 14.3. The summed E-state index contributed by atoms with van der Waals surface area (Å²) in [6.07, 6.45) is 3.60. The summed E-state index contributed by atoms with van der Waals surface area (Å²) >= 11 is 0. The van der Waals surface area contributed by atoms with Crippen molar-refractivity contribution in [2.75, 3.05) is 19.6 Å². The predicted octanol–water partition coefficient (Wildman–Crippen LogP) is 1.31. The lowest BCUT2D eigenvalue weighted by atomic mass is 10.2. The second-order valence-electron chi connectivity index (χ2n) is 5.54. The Labute approximate surface area is 129 Å². The summed E-state index contributed by atoms with van der Waals surface area (Å²) in [5.41, 5.74) is 0. The van der Waals surface area contributed by atoms with Crippen LogP contribution in [0.3, 0.4) is 0 Å². The quantitative estimate of drug-likeness (QED) is 0.871. The number of hydrogen-bond donors (Lipinski definition) is 2. The third kappa shape index (κ3) is 2.55. The first-order valence-corrected chi connectivity index (χ1v) is 8.74. The number of benzene rings is 1. The molecule has 2 aromatic rings. The lowest BCUT2D eigenvalue weighted by Crippen LogP contribution is -2.41. The molecule has 2 heterocycles. The molecule has 0 bridgehead atoms. The van der Waals surface area contributed by atoms with Crippen molar-refractivity contribution in [3.05, 3.63) is 30.6 Å². The average molecular weight is 321 g/mol. The molecule has 1 saturated heterocycles. The number of nitrogens with zero attached hydrogens (tertiary/aromatic N) is 2. The highest BCUT2D eigenvalue weighted by Crippen LogP contribution is 2.32. The molecule has 0 radical (unpaired) electrons. The molecule has 1 atom stereocenters. The number of rotatable bonds is 2. The van der Waals surface area contributed by atoms with Gasteiger partial charge in [-0.3, -0.25) is 4.98 Å². The van der Waals surface area contributed by atoms with Crippen molar-refractivity contribution in [2.45, 2.75) is 24.3 Å². The van der Waals surface area contributed by atoms with Crippen molar-refractivity contribution in [1.82, 2.24) is 14.6 Å². The summed E-state index contributed by atoms with van der Waals surface area (Å²) < 4.78 is 27.7. The van der Waals surface area contributed by atoms with Crippen molar-refractivity contribution < 1.29 is 13.5 Å². The second kappa shape index (κ2) is 5.83. The summed E-state index contributed by atoms with van der Waals surface area (Å²) in [6.45, 7) is 3.79. The van der Waals surface area contributed by atoms with Crippen molar-refractivity contribution in [1.29, 1.82) is 0 Å². The minimum atomic E-state index is -3.68. The highest BCUT2D eigenvalue weighted by atomic mass is 32.2. The van der Waals surface area contributed by atoms with Crippen molar-refractivity contribution >= 4 is 20.8 Å². The first kappa shape index (κ1) is 15.2. The maximum Gasteiger partial charge on any atom is 0.244 e. The smallest absolute Gasteiger partial charge is 0.244 e. The largest absolute Gasteiger partial charge is 0.506 e. The van der Waals surface area contributed by atoms with Crippen LogP contribution in [0.2, 0.25) is 0 Å². The van der Waals surface area contributed by atoms with Crippen LogP contribution in [0.15, 0.2) is 35.5 Å². The molecular weight excluding hydrogens is 302 g/mol. The van der Waals surface area contributed by atoms with E-state index >= 15 is 0 Å². The monoisotopic (exact) mass is 321 g/mol. The lowest BCUT2D eigenvalue weighted by Gasteiger charge is -2.26. The van der Waals surface area contributed by atoms with Gasteiger partial charge in [-0.2, -0.15) is 4.31 Å². The summed E-state index contributed by atoms with van der Waals surface area (Å²) in [5.74, 6) is -0.114. The Kier molecular flexibility index (Phi) is 4.03. The van der Waals surface area contributed by atoms with Crippen LogP contribution in [-0.4, -0.2) is 48.5 Å². The first-order valence-electron chi connectivity index (χ1n) is 7.30. The van der Waals surface area contributed by atoms with E-state index in [1.54, 1.807) is 24.4 Å². The van der Waals surface area contributed by atoms with Gasteiger partial charge in [0.15, 0.2) is 0 Å². The van der Waals surface area contributed by atoms with Gasteiger partial charge in [-0.1, -0.05) is 12.1 Å². The zero-order chi connectivity index (χ0) is 15.7. The van der Waals surface area contributed by atoms with Crippen LogP contribution >= 0.6 is 0 Å². The Morgan fingerprint density at radius 1 is 1.36 bits per heavy atom. The van der Waals surface area contributed by atoms with Gasteiger partial charge in [0.25, 0.3) is 0 Å². The van der Waals surface area contributed by atoms with E-state index in [0.717, 1.165) is 13.0 Å². The average Bonchev–Trinajstić information content (AvgIpc) is 2.72. The van der Waals surface area contributed by atoms with Gasteiger partial charge in [0.05, 0.1) is 11.1 Å². The van der Waals surface area contributed by atoms with Gasteiger partial charge in [0.1, 0.15) is 5.75 Å². The molecular formula is C15H19N3O3S. The fourth-order valence-electron chi connectivity index (χ4n) is 2.87. The molecule has 22 heavy (non-hydrogen) atoms. The van der Waals surface area contributed by atoms with Gasteiger partial charge in [-0.05, 0) is 26.0 Å². The molecule has 0 amide bonds. The van der Waals surface area contributed by atoms with Gasteiger partial charge < -0.3 is 10.4 Å². The Hall–Kier alpha value is -1.70. The summed E-state index contributed by atoms with van der Waals surface area (Å²) in [7, 11) is -3.68. The molecule has 118 valence electrons. The van der Waals surface area contributed by atoms with E-state index in [2.05, 4.69) is 10.3 Å². The van der Waals surface area contributed by atoms with Gasteiger partial charge in [-0.15, -0.1) is 0 Å². The van der Waals surface area contributed by atoms with E-state index in [1.165, 1.54) is 10.5 Å². The first-order chi connectivity index (χ1) is 10.5. The molecule has 0 spiro atoms. The summed E-state index contributed by atoms with van der Waals surface area (Å²) in [4.78, 5) is 4.05. The van der Waals surface area contributed by atoms with E-state index in [-0.39, 0.29) is 16.7 Å². The third-order valence-electron chi connectivity index (χ3n) is 3.98. The zero-order valence-electron chi connectivity index (χ0n) is 12.4. The Balaban J connectivity index is 2.17. The molecule has 7 heteroatoms. The lowest BCUT2D eigenvalue weighted by molar-refractivity contribution is 0.353. The van der Waals surface area contributed by atoms with E-state index in [4.69, 9.17) is 0 Å². The predicted molar refractivity (Wildman–Crippen MR) is 84.2 cm³/mol. The minimum absolute atomic E-state index is 0.114. The molecule has 1 aliphatic heterocycles. The molecule has 1 fully saturated rings. The van der Waals surface area contributed by atoms with Crippen molar-refractivity contribution in [3.8, 4) is 5.75 Å². The maximum atomic E-state index is 13.1. The van der Waals surface area contributed by atoms with E-state index in [0.29, 0.717) is 23.9 Å². The van der Waals surface area contributed by atoms with Crippen LogP contribution in [0.4, 0.5) is 0 Å². The van der Waals surface area contributed by atoms with E-state index in [9.17, 15) is 13.5 Å². The number of sulfonamides is 1. The Bertz CT molecular complexity index is 786. The molecule has 1 aliphatic rings. The topological polar surface area (TPSA) is 82.5 Å². The zero-order valence-corrected chi connectivity index (χ0v) is 13.2. The molecule has 0 unspecified atom stereocenters. The van der Waals surface area contributed by atoms with Crippen LogP contribution in [0.1, 0.15) is 13.3 Å². The molecule has 2 N–H and O–H groups in total.